The molecule has 1 unspecified atom stereocenters. The maximum atomic E-state index is 17.4. The Morgan fingerprint density at radius 3 is 2.41 bits per heavy atom. The van der Waals surface area contributed by atoms with Crippen molar-refractivity contribution in [3.8, 4) is 0 Å². The van der Waals surface area contributed by atoms with Crippen molar-refractivity contribution in [3.63, 3.8) is 0 Å². The van der Waals surface area contributed by atoms with Crippen LogP contribution in [0.25, 0.3) is 0 Å². The van der Waals surface area contributed by atoms with Crippen LogP contribution in [0.3, 0.4) is 0 Å². The Hall–Kier alpha value is -2.29. The molecule has 228 valence electrons. The number of carbonyl (C=O) groups is 3. The fourth-order valence-corrected chi connectivity index (χ4v) is 9.77. The van der Waals surface area contributed by atoms with Gasteiger partial charge in [0.2, 0.25) is 5.60 Å². The van der Waals surface area contributed by atoms with Gasteiger partial charge >= 0.3 is 12.1 Å². The van der Waals surface area contributed by atoms with Crippen molar-refractivity contribution in [2.75, 3.05) is 0 Å². The van der Waals surface area contributed by atoms with Gasteiger partial charge in [0.05, 0.1) is 6.10 Å². The highest BCUT2D eigenvalue weighted by molar-refractivity contribution is 6.01. The molecule has 5 aliphatic rings. The molecule has 0 bridgehead atoms. The first kappa shape index (κ1) is 30.2. The standard InChI is InChI=1S/C32H44F2O7/c1-16(2)20-8-7-17(3)11-25(20)40-28(39)41-32(27(37)38)18(4)12-21-22-14-24(33)23-13-19(35)9-10-29(23,5)31(22,34)26(36)15-30(21,32)6/h9-10,13,16-18,20-22,24-26,36H,7-8,11-12,14-15H2,1-6H3,(H,37,38)/t17-,18-,20+,21+,22+,24+,25-,26+,29+,30+,31?,32-/m1/s1. The first-order valence-corrected chi connectivity index (χ1v) is 15.1. The highest BCUT2D eigenvalue weighted by atomic mass is 19.1. The number of alkyl halides is 2. The molecule has 0 aromatic rings. The number of allylic oxidation sites excluding steroid dienone is 4. The number of carboxylic acid groups (broad SMARTS) is 1. The fourth-order valence-electron chi connectivity index (χ4n) is 9.77. The first-order chi connectivity index (χ1) is 19.0. The summed E-state index contributed by atoms with van der Waals surface area (Å²) in [6.45, 7) is 11.0. The van der Waals surface area contributed by atoms with Gasteiger partial charge < -0.3 is 19.7 Å². The van der Waals surface area contributed by atoms with Gasteiger partial charge in [-0.15, -0.1) is 0 Å². The summed E-state index contributed by atoms with van der Waals surface area (Å²) in [5.41, 5.74) is -7.43. The van der Waals surface area contributed by atoms with Crippen molar-refractivity contribution in [3.05, 3.63) is 23.8 Å². The molecule has 5 aliphatic carbocycles. The van der Waals surface area contributed by atoms with Crippen molar-refractivity contribution in [2.24, 2.45) is 46.3 Å². The van der Waals surface area contributed by atoms with Crippen molar-refractivity contribution in [2.45, 2.75) is 110 Å². The quantitative estimate of drug-likeness (QED) is 0.395. The van der Waals surface area contributed by atoms with Gasteiger partial charge in [0.15, 0.2) is 11.5 Å². The first-order valence-electron chi connectivity index (χ1n) is 15.1. The number of aliphatic hydroxyl groups excluding tert-OH is 1. The summed E-state index contributed by atoms with van der Waals surface area (Å²) in [6, 6.07) is 0. The molecule has 5 rings (SSSR count). The molecule has 0 aromatic carbocycles. The third-order valence-electron chi connectivity index (χ3n) is 11.9. The van der Waals surface area contributed by atoms with Crippen molar-refractivity contribution in [1.82, 2.24) is 0 Å². The molecule has 41 heavy (non-hydrogen) atoms. The van der Waals surface area contributed by atoms with Gasteiger partial charge in [0.25, 0.3) is 0 Å². The van der Waals surface area contributed by atoms with Crippen LogP contribution in [-0.4, -0.2) is 57.8 Å². The molecule has 0 aliphatic heterocycles. The lowest BCUT2D eigenvalue weighted by atomic mass is 9.44. The zero-order valence-electron chi connectivity index (χ0n) is 24.9. The number of ketones is 1. The number of carboxylic acids is 1. The molecule has 0 saturated heterocycles. The fraction of sp³-hybridized carbons (Fsp3) is 0.781. The minimum atomic E-state index is -2.35. The van der Waals surface area contributed by atoms with Gasteiger partial charge in [-0.05, 0) is 80.4 Å². The van der Waals surface area contributed by atoms with E-state index in [-0.39, 0.29) is 36.7 Å². The average Bonchev–Trinajstić information content (AvgIpc) is 3.09. The van der Waals surface area contributed by atoms with E-state index in [1.165, 1.54) is 19.1 Å². The second kappa shape index (κ2) is 9.88. The van der Waals surface area contributed by atoms with E-state index in [2.05, 4.69) is 20.8 Å². The molecule has 7 nitrogen and oxygen atoms in total. The van der Waals surface area contributed by atoms with Gasteiger partial charge in [0.1, 0.15) is 12.3 Å². The van der Waals surface area contributed by atoms with Crippen LogP contribution in [0.15, 0.2) is 23.8 Å². The molecule has 9 heteroatoms. The van der Waals surface area contributed by atoms with Gasteiger partial charge in [-0.2, -0.15) is 0 Å². The zero-order chi connectivity index (χ0) is 30.3. The Labute approximate surface area is 240 Å². The van der Waals surface area contributed by atoms with Crippen LogP contribution in [0.1, 0.15) is 80.1 Å². The average molecular weight is 579 g/mol. The lowest BCUT2D eigenvalue weighted by Crippen LogP contribution is -2.71. The van der Waals surface area contributed by atoms with E-state index in [9.17, 15) is 24.6 Å². The largest absolute Gasteiger partial charge is 0.509 e. The molecule has 0 spiro atoms. The van der Waals surface area contributed by atoms with Crippen LogP contribution in [0, 0.1) is 46.3 Å². The van der Waals surface area contributed by atoms with Crippen LogP contribution in [0.2, 0.25) is 0 Å². The molecular formula is C32H44F2O7. The van der Waals surface area contributed by atoms with Crippen molar-refractivity contribution >= 4 is 17.9 Å². The van der Waals surface area contributed by atoms with E-state index >= 15 is 8.78 Å². The number of hydrogen-bond acceptors (Lipinski definition) is 6. The van der Waals surface area contributed by atoms with Crippen molar-refractivity contribution in [1.29, 1.82) is 0 Å². The zero-order valence-corrected chi connectivity index (χ0v) is 24.9. The second-order valence-electron chi connectivity index (χ2n) is 14.4. The van der Waals surface area contributed by atoms with E-state index < -0.39 is 76.1 Å². The van der Waals surface area contributed by atoms with E-state index in [4.69, 9.17) is 9.47 Å². The summed E-state index contributed by atoms with van der Waals surface area (Å²) in [5, 5.41) is 22.2. The third kappa shape index (κ3) is 4.07. The molecule has 0 amide bonds. The highest BCUT2D eigenvalue weighted by Gasteiger charge is 2.78. The number of rotatable bonds is 4. The van der Waals surface area contributed by atoms with Gasteiger partial charge in [0, 0.05) is 22.7 Å². The minimum Gasteiger partial charge on any atom is -0.478 e. The summed E-state index contributed by atoms with van der Waals surface area (Å²) in [5.74, 6) is -3.63. The van der Waals surface area contributed by atoms with E-state index in [1.807, 2.05) is 0 Å². The van der Waals surface area contributed by atoms with Gasteiger partial charge in [-0.25, -0.2) is 18.4 Å². The number of hydrogen-bond donors (Lipinski definition) is 2. The third-order valence-corrected chi connectivity index (χ3v) is 11.9. The Bertz CT molecular complexity index is 1180. The number of halogens is 2. The lowest BCUT2D eigenvalue weighted by Gasteiger charge is -2.62. The van der Waals surface area contributed by atoms with Crippen molar-refractivity contribution < 1.29 is 42.9 Å². The van der Waals surface area contributed by atoms with Crippen LogP contribution in [-0.2, 0) is 19.1 Å². The molecule has 0 aromatic heterocycles. The summed E-state index contributed by atoms with van der Waals surface area (Å²) < 4.78 is 44.9. The van der Waals surface area contributed by atoms with Gasteiger partial charge in [-0.1, -0.05) is 47.1 Å². The molecule has 2 N–H and O–H groups in total. The number of aliphatic hydroxyl groups is 1. The molecular weight excluding hydrogens is 534 g/mol. The second-order valence-corrected chi connectivity index (χ2v) is 14.4. The maximum absolute atomic E-state index is 17.4. The summed E-state index contributed by atoms with van der Waals surface area (Å²) in [4.78, 5) is 38.6. The summed E-state index contributed by atoms with van der Waals surface area (Å²) in [7, 11) is 0. The molecule has 4 fully saturated rings. The number of ether oxygens (including phenoxy) is 2. The summed E-state index contributed by atoms with van der Waals surface area (Å²) in [6.07, 6.45) is 0.967. The predicted octanol–water partition coefficient (Wildman–Crippen LogP) is 5.99. The number of fused-ring (bicyclic) bond motifs is 5. The number of carbonyl (C=O) groups excluding carboxylic acids is 2. The van der Waals surface area contributed by atoms with Crippen LogP contribution < -0.4 is 0 Å². The van der Waals surface area contributed by atoms with E-state index in [1.54, 1.807) is 13.8 Å². The van der Waals surface area contributed by atoms with Gasteiger partial charge in [-0.3, -0.25) is 4.79 Å². The smallest absolute Gasteiger partial charge is 0.478 e. The SMILES string of the molecule is CC(C)[C@@H]1CC[C@@H](C)C[C@H]1OC(=O)O[C@@]1(C(=O)O)[C@H](C)C[C@H]2[C@@H]3C[C@H](F)C4=CC(=O)C=C[C@]4(C)C3(F)[C@@H](O)C[C@@]21C. The maximum Gasteiger partial charge on any atom is 0.509 e. The normalized spacial score (nSPS) is 49.0. The highest BCUT2D eigenvalue weighted by Crippen LogP contribution is 2.71. The van der Waals surface area contributed by atoms with Crippen LogP contribution in [0.4, 0.5) is 13.6 Å². The number of aliphatic carboxylic acids is 1. The minimum absolute atomic E-state index is 0.00295. The summed E-state index contributed by atoms with van der Waals surface area (Å²) >= 11 is 0. The topological polar surface area (TPSA) is 110 Å². The van der Waals surface area contributed by atoms with E-state index in [0.29, 0.717) is 12.3 Å². The van der Waals surface area contributed by atoms with Crippen LogP contribution >= 0.6 is 0 Å². The Balaban J connectivity index is 1.50. The molecule has 12 atom stereocenters. The monoisotopic (exact) mass is 578 g/mol. The predicted molar refractivity (Wildman–Crippen MR) is 146 cm³/mol. The Morgan fingerprint density at radius 1 is 1.10 bits per heavy atom. The molecule has 0 heterocycles. The Morgan fingerprint density at radius 2 is 1.78 bits per heavy atom. The lowest BCUT2D eigenvalue weighted by molar-refractivity contribution is -0.232. The Kier molecular flexibility index (Phi) is 7.27. The van der Waals surface area contributed by atoms with E-state index in [0.717, 1.165) is 18.9 Å². The molecule has 0 radical (unpaired) electrons. The molecule has 4 saturated carbocycles. The van der Waals surface area contributed by atoms with Crippen LogP contribution in [0.5, 0.6) is 0 Å².